The molecule has 3 saturated carbocycles. The van der Waals surface area contributed by atoms with Crippen molar-refractivity contribution in [3.63, 3.8) is 0 Å². The summed E-state index contributed by atoms with van der Waals surface area (Å²) in [5, 5.41) is 10.2. The fourth-order valence-electron chi connectivity index (χ4n) is 8.94. The van der Waals surface area contributed by atoms with Gasteiger partial charge in [-0.05, 0) is 103 Å². The van der Waals surface area contributed by atoms with Gasteiger partial charge in [0, 0.05) is 5.92 Å². The molecule has 0 aromatic heterocycles. The normalized spacial score (nSPS) is 42.9. The zero-order valence-corrected chi connectivity index (χ0v) is 21.7. The van der Waals surface area contributed by atoms with Crippen LogP contribution in [0.15, 0.2) is 23.8 Å². The van der Waals surface area contributed by atoms with Gasteiger partial charge in [-0.1, -0.05) is 66.2 Å². The molecule has 0 aromatic carbocycles. The molecule has 180 valence electrons. The largest absolute Gasteiger partial charge is 0.393 e. The van der Waals surface area contributed by atoms with Gasteiger partial charge in [0.2, 0.25) is 0 Å². The van der Waals surface area contributed by atoms with Crippen LogP contribution < -0.4 is 0 Å². The molecular weight excluding hydrogens is 392 g/mol. The van der Waals surface area contributed by atoms with Gasteiger partial charge in [0.15, 0.2) is 5.78 Å². The molecule has 0 aliphatic heterocycles. The van der Waals surface area contributed by atoms with E-state index in [2.05, 4.69) is 60.6 Å². The van der Waals surface area contributed by atoms with Gasteiger partial charge in [0.25, 0.3) is 0 Å². The highest BCUT2D eigenvalue weighted by Gasteiger charge is 2.61. The summed E-state index contributed by atoms with van der Waals surface area (Å²) in [7, 11) is 0. The third-order valence-corrected chi connectivity index (χ3v) is 10.8. The van der Waals surface area contributed by atoms with Crippen LogP contribution in [0.5, 0.6) is 0 Å². The lowest BCUT2D eigenvalue weighted by Gasteiger charge is -2.57. The number of hydrogen-bond donors (Lipinski definition) is 1. The Bertz CT molecular complexity index is 768. The smallest absolute Gasteiger partial charge is 0.159 e. The average Bonchev–Trinajstić information content (AvgIpc) is 3.06. The van der Waals surface area contributed by atoms with E-state index in [0.717, 1.165) is 12.8 Å². The molecule has 4 rings (SSSR count). The Labute approximate surface area is 197 Å². The van der Waals surface area contributed by atoms with E-state index >= 15 is 0 Å². The molecule has 3 fully saturated rings. The molecule has 2 heteroatoms. The predicted octanol–water partition coefficient (Wildman–Crippen LogP) is 7.23. The van der Waals surface area contributed by atoms with Crippen molar-refractivity contribution in [2.45, 2.75) is 99.5 Å². The molecule has 0 radical (unpaired) electrons. The molecule has 0 saturated heterocycles. The lowest BCUT2D eigenvalue weighted by Crippen LogP contribution is -2.53. The van der Waals surface area contributed by atoms with Crippen LogP contribution in [0, 0.1) is 58.2 Å². The van der Waals surface area contributed by atoms with Crippen molar-refractivity contribution in [3.8, 4) is 0 Å². The van der Waals surface area contributed by atoms with Gasteiger partial charge in [-0.2, -0.15) is 0 Å². The third-order valence-electron chi connectivity index (χ3n) is 10.8. The fourth-order valence-corrected chi connectivity index (χ4v) is 8.94. The minimum absolute atomic E-state index is 0.129. The molecule has 0 amide bonds. The summed E-state index contributed by atoms with van der Waals surface area (Å²) >= 11 is 0. The van der Waals surface area contributed by atoms with Gasteiger partial charge in [-0.15, -0.1) is 0 Å². The molecule has 2 nitrogen and oxygen atoms in total. The number of carbonyl (C=O) groups excluding carboxylic acids is 1. The summed E-state index contributed by atoms with van der Waals surface area (Å²) < 4.78 is 0. The van der Waals surface area contributed by atoms with E-state index in [0.29, 0.717) is 53.6 Å². The van der Waals surface area contributed by atoms with Crippen molar-refractivity contribution in [1.82, 2.24) is 0 Å². The summed E-state index contributed by atoms with van der Waals surface area (Å²) in [6.45, 7) is 16.7. The molecule has 4 aliphatic rings. The highest BCUT2D eigenvalue weighted by molar-refractivity contribution is 5.94. The van der Waals surface area contributed by atoms with E-state index in [9.17, 15) is 9.90 Å². The maximum absolute atomic E-state index is 13.5. The van der Waals surface area contributed by atoms with Crippen molar-refractivity contribution in [1.29, 1.82) is 0 Å². The molecule has 0 aromatic rings. The predicted molar refractivity (Wildman–Crippen MR) is 133 cm³/mol. The standard InChI is InChI=1S/C30H48O2/c1-18(2)23(19(3)4)9-8-20(5)24-10-11-25-28-26(13-15-30(24,25)7)29(6)14-12-22(31)16-21(29)17-27(28)32/h8-9,17-20,22-26,28,31H,10-16H2,1-7H3. The van der Waals surface area contributed by atoms with Crippen LogP contribution in [-0.2, 0) is 4.79 Å². The third kappa shape index (κ3) is 3.87. The van der Waals surface area contributed by atoms with Gasteiger partial charge < -0.3 is 5.11 Å². The summed E-state index contributed by atoms with van der Waals surface area (Å²) in [6, 6.07) is 0. The summed E-state index contributed by atoms with van der Waals surface area (Å²) in [4.78, 5) is 13.5. The Morgan fingerprint density at radius 2 is 1.62 bits per heavy atom. The van der Waals surface area contributed by atoms with Gasteiger partial charge >= 0.3 is 0 Å². The SMILES string of the molecule is CC(C)C(C=CC(C)C1CCC2C3C(=O)C=C4CC(O)CCC4(C)C3CCC12C)C(C)C. The minimum Gasteiger partial charge on any atom is -0.393 e. The van der Waals surface area contributed by atoms with Crippen LogP contribution in [0.4, 0.5) is 0 Å². The second-order valence-electron chi connectivity index (χ2n) is 13.2. The Morgan fingerprint density at radius 1 is 0.938 bits per heavy atom. The second-order valence-corrected chi connectivity index (χ2v) is 13.2. The number of allylic oxidation sites excluding steroid dienone is 3. The molecule has 1 N–H and O–H groups in total. The first kappa shape index (κ1) is 24.2. The fraction of sp³-hybridized carbons (Fsp3) is 0.833. The van der Waals surface area contributed by atoms with Gasteiger partial charge in [-0.3, -0.25) is 4.79 Å². The van der Waals surface area contributed by atoms with Crippen LogP contribution in [0.25, 0.3) is 0 Å². The minimum atomic E-state index is -0.253. The number of ketones is 1. The van der Waals surface area contributed by atoms with Crippen LogP contribution in [-0.4, -0.2) is 17.0 Å². The van der Waals surface area contributed by atoms with E-state index < -0.39 is 0 Å². The topological polar surface area (TPSA) is 37.3 Å². The van der Waals surface area contributed by atoms with Crippen LogP contribution >= 0.6 is 0 Å². The monoisotopic (exact) mass is 440 g/mol. The molecule has 8 unspecified atom stereocenters. The van der Waals surface area contributed by atoms with Gasteiger partial charge in [-0.25, -0.2) is 0 Å². The van der Waals surface area contributed by atoms with Crippen molar-refractivity contribution >= 4 is 5.78 Å². The summed E-state index contributed by atoms with van der Waals surface area (Å²) in [5.41, 5.74) is 1.66. The first-order valence-electron chi connectivity index (χ1n) is 13.6. The second kappa shape index (κ2) is 8.71. The van der Waals surface area contributed by atoms with Crippen LogP contribution in [0.3, 0.4) is 0 Å². The molecule has 0 bridgehead atoms. The average molecular weight is 441 g/mol. The first-order chi connectivity index (χ1) is 15.0. The van der Waals surface area contributed by atoms with Crippen LogP contribution in [0.1, 0.15) is 93.4 Å². The molecule has 0 heterocycles. The van der Waals surface area contributed by atoms with Crippen molar-refractivity contribution in [2.24, 2.45) is 58.2 Å². The van der Waals surface area contributed by atoms with E-state index in [1.807, 2.05) is 6.08 Å². The first-order valence-corrected chi connectivity index (χ1v) is 13.6. The molecule has 4 aliphatic carbocycles. The number of fused-ring (bicyclic) bond motifs is 5. The number of carbonyl (C=O) groups is 1. The van der Waals surface area contributed by atoms with E-state index in [-0.39, 0.29) is 22.9 Å². The Morgan fingerprint density at radius 3 is 2.28 bits per heavy atom. The van der Waals surface area contributed by atoms with E-state index in [4.69, 9.17) is 0 Å². The molecule has 0 spiro atoms. The van der Waals surface area contributed by atoms with Gasteiger partial charge in [0.1, 0.15) is 0 Å². The van der Waals surface area contributed by atoms with E-state index in [1.54, 1.807) is 0 Å². The Balaban J connectivity index is 1.57. The Kier molecular flexibility index (Phi) is 6.60. The Hall–Kier alpha value is -0.890. The molecule has 8 atom stereocenters. The van der Waals surface area contributed by atoms with Crippen molar-refractivity contribution in [3.05, 3.63) is 23.8 Å². The maximum atomic E-state index is 13.5. The number of rotatable bonds is 5. The number of hydrogen-bond acceptors (Lipinski definition) is 2. The van der Waals surface area contributed by atoms with Crippen molar-refractivity contribution < 1.29 is 9.90 Å². The zero-order chi connectivity index (χ0) is 23.4. The van der Waals surface area contributed by atoms with E-state index in [1.165, 1.54) is 31.3 Å². The lowest BCUT2D eigenvalue weighted by atomic mass is 9.46. The lowest BCUT2D eigenvalue weighted by molar-refractivity contribution is -0.134. The quantitative estimate of drug-likeness (QED) is 0.458. The highest BCUT2D eigenvalue weighted by atomic mass is 16.3. The maximum Gasteiger partial charge on any atom is 0.159 e. The number of aliphatic hydroxyl groups excluding tert-OH is 1. The number of aliphatic hydroxyl groups is 1. The highest BCUT2D eigenvalue weighted by Crippen LogP contribution is 2.66. The summed E-state index contributed by atoms with van der Waals surface area (Å²) in [5.74, 6) is 4.86. The van der Waals surface area contributed by atoms with Gasteiger partial charge in [0.05, 0.1) is 6.10 Å². The molecular formula is C30H48O2. The molecule has 32 heavy (non-hydrogen) atoms. The zero-order valence-electron chi connectivity index (χ0n) is 21.7. The van der Waals surface area contributed by atoms with Crippen LogP contribution in [0.2, 0.25) is 0 Å². The summed E-state index contributed by atoms with van der Waals surface area (Å²) in [6.07, 6.45) is 14.4. The van der Waals surface area contributed by atoms with Crippen molar-refractivity contribution in [2.75, 3.05) is 0 Å².